The summed E-state index contributed by atoms with van der Waals surface area (Å²) in [5, 5.41) is 10.6. The van der Waals surface area contributed by atoms with Gasteiger partial charge in [-0.15, -0.1) is 10.2 Å². The monoisotopic (exact) mass is 210 g/mol. The molecule has 0 atom stereocenters. The van der Waals surface area contributed by atoms with Crippen molar-refractivity contribution in [2.24, 2.45) is 0 Å². The van der Waals surface area contributed by atoms with E-state index in [9.17, 15) is 0 Å². The van der Waals surface area contributed by atoms with Gasteiger partial charge in [0.05, 0.1) is 11.0 Å². The topological polar surface area (TPSA) is 25.8 Å². The highest BCUT2D eigenvalue weighted by molar-refractivity contribution is 6.03. The van der Waals surface area contributed by atoms with Crippen LogP contribution in [0.4, 0.5) is 0 Å². The molecule has 3 rings (SSSR count). The molecule has 1 heterocycles. The first kappa shape index (κ1) is 10.6. The molecule has 0 radical (unpaired) electrons. The minimum absolute atomic E-state index is 0.950. The maximum absolute atomic E-state index is 4.16. The third-order valence-electron chi connectivity index (χ3n) is 2.36. The largest absolute Gasteiger partial charge is 0.150 e. The summed E-state index contributed by atoms with van der Waals surface area (Å²) >= 11 is 0. The van der Waals surface area contributed by atoms with E-state index in [0.29, 0.717) is 0 Å². The van der Waals surface area contributed by atoms with Crippen molar-refractivity contribution in [3.05, 3.63) is 48.5 Å². The van der Waals surface area contributed by atoms with Gasteiger partial charge in [-0.1, -0.05) is 50.2 Å². The summed E-state index contributed by atoms with van der Waals surface area (Å²) in [6.45, 7) is 4.00. The van der Waals surface area contributed by atoms with Gasteiger partial charge in [-0.3, -0.25) is 0 Å². The SMILES string of the molecule is CC.c1ccc2c(c1)nnc1ccccc12. The molecule has 16 heavy (non-hydrogen) atoms. The smallest absolute Gasteiger partial charge is 0.0936 e. The van der Waals surface area contributed by atoms with Gasteiger partial charge in [0.15, 0.2) is 0 Å². The van der Waals surface area contributed by atoms with E-state index >= 15 is 0 Å². The second-order valence-corrected chi connectivity index (χ2v) is 3.23. The molecule has 2 aromatic carbocycles. The molecule has 0 amide bonds. The highest BCUT2D eigenvalue weighted by atomic mass is 15.1. The standard InChI is InChI=1S/C12H8N2.C2H6/c1-3-7-11-9(5-1)10-6-2-4-8-12(10)14-13-11;1-2/h1-8H;1-2H3. The second kappa shape index (κ2) is 4.71. The summed E-state index contributed by atoms with van der Waals surface area (Å²) in [5.74, 6) is 0. The number of benzene rings is 2. The van der Waals surface area contributed by atoms with Gasteiger partial charge in [0, 0.05) is 10.8 Å². The lowest BCUT2D eigenvalue weighted by molar-refractivity contribution is 1.12. The van der Waals surface area contributed by atoms with E-state index in [0.717, 1.165) is 21.8 Å². The van der Waals surface area contributed by atoms with E-state index in [4.69, 9.17) is 0 Å². The Morgan fingerprint density at radius 3 is 1.44 bits per heavy atom. The molecule has 0 unspecified atom stereocenters. The van der Waals surface area contributed by atoms with Crippen LogP contribution in [0.5, 0.6) is 0 Å². The van der Waals surface area contributed by atoms with E-state index in [2.05, 4.69) is 22.3 Å². The molecule has 0 spiro atoms. The van der Waals surface area contributed by atoms with Crippen LogP contribution >= 0.6 is 0 Å². The maximum atomic E-state index is 4.16. The summed E-state index contributed by atoms with van der Waals surface area (Å²) in [6, 6.07) is 16.1. The zero-order chi connectivity index (χ0) is 11.4. The first-order valence-electron chi connectivity index (χ1n) is 5.55. The Hall–Kier alpha value is -1.96. The van der Waals surface area contributed by atoms with Crippen LogP contribution in [0.25, 0.3) is 21.8 Å². The molecule has 0 aliphatic carbocycles. The Labute approximate surface area is 94.9 Å². The van der Waals surface area contributed by atoms with Crippen molar-refractivity contribution < 1.29 is 0 Å². The van der Waals surface area contributed by atoms with Crippen LogP contribution in [0.1, 0.15) is 13.8 Å². The summed E-state index contributed by atoms with van der Waals surface area (Å²) in [4.78, 5) is 0. The lowest BCUT2D eigenvalue weighted by Gasteiger charge is -1.99. The number of rotatable bonds is 0. The van der Waals surface area contributed by atoms with E-state index in [1.165, 1.54) is 0 Å². The summed E-state index contributed by atoms with van der Waals surface area (Å²) in [6.07, 6.45) is 0. The van der Waals surface area contributed by atoms with Crippen LogP contribution in [-0.2, 0) is 0 Å². The fraction of sp³-hybridized carbons (Fsp3) is 0.143. The summed E-state index contributed by atoms with van der Waals surface area (Å²) < 4.78 is 0. The quantitative estimate of drug-likeness (QED) is 0.527. The minimum Gasteiger partial charge on any atom is -0.150 e. The van der Waals surface area contributed by atoms with Crippen molar-refractivity contribution in [3.8, 4) is 0 Å². The fourth-order valence-electron chi connectivity index (χ4n) is 1.68. The Morgan fingerprint density at radius 1 is 0.625 bits per heavy atom. The summed E-state index contributed by atoms with van der Waals surface area (Å²) in [7, 11) is 0. The fourth-order valence-corrected chi connectivity index (χ4v) is 1.68. The first-order valence-corrected chi connectivity index (χ1v) is 5.55. The first-order chi connectivity index (χ1) is 7.95. The minimum atomic E-state index is 0.950. The van der Waals surface area contributed by atoms with Gasteiger partial charge in [-0.25, -0.2) is 0 Å². The molecule has 2 nitrogen and oxygen atoms in total. The molecule has 3 aromatic rings. The van der Waals surface area contributed by atoms with Crippen molar-refractivity contribution in [1.29, 1.82) is 0 Å². The molecule has 0 N–H and O–H groups in total. The number of hydrogen-bond donors (Lipinski definition) is 0. The van der Waals surface area contributed by atoms with Crippen LogP contribution in [0.3, 0.4) is 0 Å². The van der Waals surface area contributed by atoms with Crippen LogP contribution in [0.2, 0.25) is 0 Å². The van der Waals surface area contributed by atoms with Crippen molar-refractivity contribution in [2.45, 2.75) is 13.8 Å². The van der Waals surface area contributed by atoms with Gasteiger partial charge in [-0.05, 0) is 12.1 Å². The molecule has 80 valence electrons. The molecule has 0 saturated carbocycles. The third-order valence-corrected chi connectivity index (χ3v) is 2.36. The van der Waals surface area contributed by atoms with Crippen molar-refractivity contribution in [2.75, 3.05) is 0 Å². The predicted molar refractivity (Wildman–Crippen MR) is 68.4 cm³/mol. The number of aromatic nitrogens is 2. The average Bonchev–Trinajstić information content (AvgIpc) is 2.41. The van der Waals surface area contributed by atoms with Crippen LogP contribution in [-0.4, -0.2) is 10.2 Å². The van der Waals surface area contributed by atoms with Crippen LogP contribution < -0.4 is 0 Å². The lowest BCUT2D eigenvalue weighted by Crippen LogP contribution is -1.85. The van der Waals surface area contributed by atoms with Crippen LogP contribution in [0.15, 0.2) is 48.5 Å². The maximum Gasteiger partial charge on any atom is 0.0936 e. The van der Waals surface area contributed by atoms with Crippen molar-refractivity contribution in [1.82, 2.24) is 10.2 Å². The van der Waals surface area contributed by atoms with E-state index < -0.39 is 0 Å². The Kier molecular flexibility index (Phi) is 3.10. The zero-order valence-electron chi connectivity index (χ0n) is 9.51. The van der Waals surface area contributed by atoms with Gasteiger partial charge in [-0.2, -0.15) is 0 Å². The van der Waals surface area contributed by atoms with E-state index in [-0.39, 0.29) is 0 Å². The summed E-state index contributed by atoms with van der Waals surface area (Å²) in [5.41, 5.74) is 1.90. The van der Waals surface area contributed by atoms with Gasteiger partial charge in [0.25, 0.3) is 0 Å². The highest BCUT2D eigenvalue weighted by Crippen LogP contribution is 2.20. The van der Waals surface area contributed by atoms with Gasteiger partial charge < -0.3 is 0 Å². The number of hydrogen-bond acceptors (Lipinski definition) is 2. The molecule has 0 saturated heterocycles. The molecule has 2 heteroatoms. The molecular weight excluding hydrogens is 196 g/mol. The molecule has 0 aliphatic rings. The molecule has 0 aliphatic heterocycles. The normalized spacial score (nSPS) is 9.88. The van der Waals surface area contributed by atoms with Crippen molar-refractivity contribution >= 4 is 21.8 Å². The average molecular weight is 210 g/mol. The Morgan fingerprint density at radius 2 is 1.00 bits per heavy atom. The van der Waals surface area contributed by atoms with Gasteiger partial charge in [0.1, 0.15) is 0 Å². The Bertz CT molecular complexity index is 548. The Balaban J connectivity index is 0.000000457. The van der Waals surface area contributed by atoms with Crippen LogP contribution in [0, 0.1) is 0 Å². The van der Waals surface area contributed by atoms with E-state index in [1.54, 1.807) is 0 Å². The van der Waals surface area contributed by atoms with Gasteiger partial charge >= 0.3 is 0 Å². The van der Waals surface area contributed by atoms with E-state index in [1.807, 2.05) is 50.2 Å². The second-order valence-electron chi connectivity index (χ2n) is 3.23. The lowest BCUT2D eigenvalue weighted by atomic mass is 10.1. The predicted octanol–water partition coefficient (Wildman–Crippen LogP) is 3.81. The highest BCUT2D eigenvalue weighted by Gasteiger charge is 1.99. The molecule has 1 aromatic heterocycles. The zero-order valence-corrected chi connectivity index (χ0v) is 9.51. The number of nitrogens with zero attached hydrogens (tertiary/aromatic N) is 2. The number of fused-ring (bicyclic) bond motifs is 3. The van der Waals surface area contributed by atoms with Crippen molar-refractivity contribution in [3.63, 3.8) is 0 Å². The third kappa shape index (κ3) is 1.74. The molecule has 0 bridgehead atoms. The van der Waals surface area contributed by atoms with Gasteiger partial charge in [0.2, 0.25) is 0 Å². The molecule has 0 fully saturated rings. The molecular formula is C14H14N2.